The normalized spacial score (nSPS) is 16.7. The maximum Gasteiger partial charge on any atom is 0.229 e. The molecule has 0 bridgehead atoms. The van der Waals surface area contributed by atoms with Crippen molar-refractivity contribution in [2.45, 2.75) is 20.3 Å². The van der Waals surface area contributed by atoms with Gasteiger partial charge in [-0.25, -0.2) is 0 Å². The summed E-state index contributed by atoms with van der Waals surface area (Å²) in [6.07, 6.45) is 0.211. The fourth-order valence-electron chi connectivity index (χ4n) is 2.98. The lowest BCUT2D eigenvalue weighted by atomic mass is 10.1. The second-order valence-corrected chi connectivity index (χ2v) is 7.16. The zero-order valence-corrected chi connectivity index (χ0v) is 16.4. The number of benzene rings is 2. The van der Waals surface area contributed by atoms with Gasteiger partial charge in [-0.15, -0.1) is 0 Å². The molecule has 0 radical (unpaired) electrons. The van der Waals surface area contributed by atoms with Crippen molar-refractivity contribution in [3.8, 4) is 5.75 Å². The van der Waals surface area contributed by atoms with Gasteiger partial charge in [-0.1, -0.05) is 6.07 Å². The first-order valence-corrected chi connectivity index (χ1v) is 9.37. The highest BCUT2D eigenvalue weighted by molar-refractivity contribution is 9.10. The highest BCUT2D eigenvalue weighted by Gasteiger charge is 2.35. The Morgan fingerprint density at radius 2 is 2.00 bits per heavy atom. The minimum Gasteiger partial charge on any atom is -0.494 e. The second-order valence-electron chi connectivity index (χ2n) is 6.30. The van der Waals surface area contributed by atoms with Gasteiger partial charge in [-0.05, 0) is 71.7 Å². The van der Waals surface area contributed by atoms with Crippen molar-refractivity contribution in [1.82, 2.24) is 0 Å². The molecule has 1 fully saturated rings. The van der Waals surface area contributed by atoms with Crippen molar-refractivity contribution >= 4 is 39.1 Å². The average molecular weight is 417 g/mol. The van der Waals surface area contributed by atoms with Gasteiger partial charge in [0.2, 0.25) is 11.8 Å². The van der Waals surface area contributed by atoms with E-state index in [0.717, 1.165) is 21.5 Å². The number of ether oxygens (including phenoxy) is 1. The molecular formula is C20H21BrN2O3. The summed E-state index contributed by atoms with van der Waals surface area (Å²) in [5.74, 6) is 0.206. The highest BCUT2D eigenvalue weighted by atomic mass is 79.9. The van der Waals surface area contributed by atoms with Crippen LogP contribution in [-0.4, -0.2) is 25.0 Å². The largest absolute Gasteiger partial charge is 0.494 e. The van der Waals surface area contributed by atoms with Gasteiger partial charge < -0.3 is 15.0 Å². The number of hydrogen-bond donors (Lipinski definition) is 1. The number of hydrogen-bond acceptors (Lipinski definition) is 3. The number of carbonyl (C=O) groups is 2. The van der Waals surface area contributed by atoms with Crippen molar-refractivity contribution < 1.29 is 14.3 Å². The third-order valence-electron chi connectivity index (χ3n) is 4.34. The topological polar surface area (TPSA) is 58.6 Å². The lowest BCUT2D eigenvalue weighted by Crippen LogP contribution is -2.28. The first-order chi connectivity index (χ1) is 12.5. The molecular weight excluding hydrogens is 396 g/mol. The Balaban J connectivity index is 1.67. The molecule has 2 aromatic rings. The van der Waals surface area contributed by atoms with Gasteiger partial charge >= 0.3 is 0 Å². The van der Waals surface area contributed by atoms with E-state index in [2.05, 4.69) is 21.2 Å². The van der Waals surface area contributed by atoms with Crippen LogP contribution >= 0.6 is 15.9 Å². The van der Waals surface area contributed by atoms with E-state index in [1.165, 1.54) is 0 Å². The monoisotopic (exact) mass is 416 g/mol. The summed E-state index contributed by atoms with van der Waals surface area (Å²) in [4.78, 5) is 26.6. The highest BCUT2D eigenvalue weighted by Crippen LogP contribution is 2.29. The standard InChI is InChI=1S/C20H21BrN2O3/c1-3-26-16-7-5-15(6-8-16)23-12-14(11-19(23)24)20(25)22-18-9-4-13(2)10-17(18)21/h4-10,14H,3,11-12H2,1-2H3,(H,22,25)/t14-/m1/s1. The molecule has 136 valence electrons. The Kier molecular flexibility index (Phi) is 5.61. The van der Waals surface area contributed by atoms with E-state index in [0.29, 0.717) is 18.8 Å². The van der Waals surface area contributed by atoms with E-state index in [-0.39, 0.29) is 24.2 Å². The number of aryl methyl sites for hydroxylation is 1. The van der Waals surface area contributed by atoms with E-state index in [4.69, 9.17) is 4.74 Å². The predicted molar refractivity (Wildman–Crippen MR) is 106 cm³/mol. The van der Waals surface area contributed by atoms with Crippen molar-refractivity contribution in [2.75, 3.05) is 23.4 Å². The maximum absolute atomic E-state index is 12.6. The minimum atomic E-state index is -0.373. The molecule has 0 spiro atoms. The lowest BCUT2D eigenvalue weighted by molar-refractivity contribution is -0.122. The van der Waals surface area contributed by atoms with E-state index < -0.39 is 0 Å². The summed E-state index contributed by atoms with van der Waals surface area (Å²) in [5, 5.41) is 2.91. The molecule has 2 amide bonds. The van der Waals surface area contributed by atoms with Crippen LogP contribution in [0.2, 0.25) is 0 Å². The van der Waals surface area contributed by atoms with Crippen molar-refractivity contribution in [1.29, 1.82) is 0 Å². The quantitative estimate of drug-likeness (QED) is 0.796. The summed E-state index contributed by atoms with van der Waals surface area (Å²) in [5.41, 5.74) is 2.60. The van der Waals surface area contributed by atoms with Gasteiger partial charge in [0.15, 0.2) is 0 Å². The number of nitrogens with zero attached hydrogens (tertiary/aromatic N) is 1. The molecule has 2 aromatic carbocycles. The maximum atomic E-state index is 12.6. The summed E-state index contributed by atoms with van der Waals surface area (Å²) in [6.45, 7) is 4.88. The van der Waals surface area contributed by atoms with E-state index in [9.17, 15) is 9.59 Å². The second kappa shape index (κ2) is 7.91. The van der Waals surface area contributed by atoms with Crippen LogP contribution in [0, 0.1) is 12.8 Å². The van der Waals surface area contributed by atoms with E-state index in [1.54, 1.807) is 4.90 Å². The molecule has 3 rings (SSSR count). The molecule has 0 aromatic heterocycles. The zero-order chi connectivity index (χ0) is 18.7. The lowest BCUT2D eigenvalue weighted by Gasteiger charge is -2.17. The number of halogens is 1. The van der Waals surface area contributed by atoms with Crippen LogP contribution in [0.5, 0.6) is 5.75 Å². The first kappa shape index (κ1) is 18.5. The summed E-state index contributed by atoms with van der Waals surface area (Å²) >= 11 is 3.46. The Hall–Kier alpha value is -2.34. The van der Waals surface area contributed by atoms with Crippen LogP contribution in [0.3, 0.4) is 0 Å². The van der Waals surface area contributed by atoms with Crippen LogP contribution in [0.1, 0.15) is 18.9 Å². The summed E-state index contributed by atoms with van der Waals surface area (Å²) < 4.78 is 6.26. The number of nitrogens with one attached hydrogen (secondary N) is 1. The SMILES string of the molecule is CCOc1ccc(N2C[C@H](C(=O)Nc3ccc(C)cc3Br)CC2=O)cc1. The molecule has 6 heteroatoms. The van der Waals surface area contributed by atoms with E-state index >= 15 is 0 Å². The van der Waals surface area contributed by atoms with Crippen LogP contribution in [0.15, 0.2) is 46.9 Å². The average Bonchev–Trinajstić information content (AvgIpc) is 3.00. The molecule has 1 aliphatic heterocycles. The molecule has 1 saturated heterocycles. The number of anilines is 2. The van der Waals surface area contributed by atoms with Crippen molar-refractivity contribution in [2.24, 2.45) is 5.92 Å². The molecule has 26 heavy (non-hydrogen) atoms. The van der Waals surface area contributed by atoms with Gasteiger partial charge in [0.05, 0.1) is 18.2 Å². The molecule has 1 N–H and O–H groups in total. The Morgan fingerprint density at radius 1 is 1.27 bits per heavy atom. The summed E-state index contributed by atoms with van der Waals surface area (Å²) in [6, 6.07) is 13.1. The van der Waals surface area contributed by atoms with Crippen molar-refractivity contribution in [3.05, 3.63) is 52.5 Å². The Bertz CT molecular complexity index is 820. The van der Waals surface area contributed by atoms with Gasteiger partial charge in [-0.3, -0.25) is 9.59 Å². The van der Waals surface area contributed by atoms with Gasteiger partial charge in [0.1, 0.15) is 5.75 Å². The molecule has 1 heterocycles. The number of amides is 2. The van der Waals surface area contributed by atoms with Crippen LogP contribution in [-0.2, 0) is 9.59 Å². The van der Waals surface area contributed by atoms with Crippen LogP contribution in [0.4, 0.5) is 11.4 Å². The molecule has 1 atom stereocenters. The fraction of sp³-hybridized carbons (Fsp3) is 0.300. The van der Waals surface area contributed by atoms with Gasteiger partial charge in [0.25, 0.3) is 0 Å². The summed E-state index contributed by atoms with van der Waals surface area (Å²) in [7, 11) is 0. The van der Waals surface area contributed by atoms with Gasteiger partial charge in [-0.2, -0.15) is 0 Å². The van der Waals surface area contributed by atoms with Crippen LogP contribution < -0.4 is 15.0 Å². The van der Waals surface area contributed by atoms with Crippen molar-refractivity contribution in [3.63, 3.8) is 0 Å². The number of rotatable bonds is 5. The molecule has 1 aliphatic rings. The number of carbonyl (C=O) groups excluding carboxylic acids is 2. The Labute approximate surface area is 161 Å². The minimum absolute atomic E-state index is 0.0442. The van der Waals surface area contributed by atoms with Crippen LogP contribution in [0.25, 0.3) is 0 Å². The van der Waals surface area contributed by atoms with E-state index in [1.807, 2.05) is 56.3 Å². The molecule has 0 unspecified atom stereocenters. The third kappa shape index (κ3) is 4.07. The third-order valence-corrected chi connectivity index (χ3v) is 4.99. The smallest absolute Gasteiger partial charge is 0.229 e. The predicted octanol–water partition coefficient (Wildman–Crippen LogP) is 4.15. The Morgan fingerprint density at radius 3 is 2.65 bits per heavy atom. The fourth-order valence-corrected chi connectivity index (χ4v) is 3.57. The molecule has 0 saturated carbocycles. The first-order valence-electron chi connectivity index (χ1n) is 8.58. The molecule has 0 aliphatic carbocycles. The zero-order valence-electron chi connectivity index (χ0n) is 14.8. The molecule has 5 nitrogen and oxygen atoms in total. The van der Waals surface area contributed by atoms with Gasteiger partial charge in [0, 0.05) is 23.1 Å².